The van der Waals surface area contributed by atoms with Crippen molar-refractivity contribution in [3.05, 3.63) is 59.7 Å². The van der Waals surface area contributed by atoms with Crippen LogP contribution in [0.4, 0.5) is 0 Å². The Hall–Kier alpha value is -2.49. The van der Waals surface area contributed by atoms with Crippen molar-refractivity contribution >= 4 is 5.91 Å². The molecule has 0 fully saturated rings. The van der Waals surface area contributed by atoms with Crippen molar-refractivity contribution in [2.24, 2.45) is 0 Å². The first kappa shape index (κ1) is 15.9. The third-order valence-electron chi connectivity index (χ3n) is 3.44. The zero-order chi connectivity index (χ0) is 15.9. The van der Waals surface area contributed by atoms with E-state index in [1.165, 1.54) is 0 Å². The molecule has 0 radical (unpaired) electrons. The molecule has 2 aromatic carbocycles. The number of hydrogen-bond donors (Lipinski definition) is 1. The highest BCUT2D eigenvalue weighted by Crippen LogP contribution is 2.24. The number of amides is 1. The van der Waals surface area contributed by atoms with Crippen molar-refractivity contribution in [3.8, 4) is 11.5 Å². The van der Waals surface area contributed by atoms with Crippen LogP contribution < -0.4 is 14.8 Å². The summed E-state index contributed by atoms with van der Waals surface area (Å²) in [5.41, 5.74) is 1.95. The maximum atomic E-state index is 12.0. The number of benzene rings is 2. The lowest BCUT2D eigenvalue weighted by atomic mass is 10.1. The topological polar surface area (TPSA) is 47.6 Å². The largest absolute Gasteiger partial charge is 0.496 e. The molecule has 0 spiro atoms. The predicted molar refractivity (Wildman–Crippen MR) is 86.2 cm³/mol. The van der Waals surface area contributed by atoms with E-state index in [0.717, 1.165) is 22.6 Å². The van der Waals surface area contributed by atoms with Crippen LogP contribution in [0, 0.1) is 6.92 Å². The number of methoxy groups -OCH3 is 1. The Balaban J connectivity index is 1.93. The van der Waals surface area contributed by atoms with Crippen LogP contribution in [0.5, 0.6) is 11.5 Å². The minimum absolute atomic E-state index is 0.00958. The summed E-state index contributed by atoms with van der Waals surface area (Å²) in [5, 5.41) is 2.92. The molecule has 2 rings (SSSR count). The van der Waals surface area contributed by atoms with E-state index in [-0.39, 0.29) is 18.6 Å². The maximum Gasteiger partial charge on any atom is 0.258 e. The van der Waals surface area contributed by atoms with E-state index in [4.69, 9.17) is 9.47 Å². The molecule has 1 amide bonds. The van der Waals surface area contributed by atoms with Crippen LogP contribution in [0.3, 0.4) is 0 Å². The first-order chi connectivity index (χ1) is 10.6. The summed E-state index contributed by atoms with van der Waals surface area (Å²) in [4.78, 5) is 12.0. The van der Waals surface area contributed by atoms with E-state index >= 15 is 0 Å². The number of rotatable bonds is 6. The second-order valence-electron chi connectivity index (χ2n) is 5.09. The highest BCUT2D eigenvalue weighted by atomic mass is 16.5. The van der Waals surface area contributed by atoms with Crippen LogP contribution in [-0.2, 0) is 4.79 Å². The Morgan fingerprint density at radius 3 is 2.41 bits per heavy atom. The maximum absolute atomic E-state index is 12.0. The zero-order valence-electron chi connectivity index (χ0n) is 13.1. The molecule has 1 N–H and O–H groups in total. The molecular formula is C18H21NO3. The molecule has 4 nitrogen and oxygen atoms in total. The highest BCUT2D eigenvalue weighted by molar-refractivity contribution is 5.78. The molecule has 0 bridgehead atoms. The van der Waals surface area contributed by atoms with Gasteiger partial charge in [0.25, 0.3) is 5.91 Å². The molecular weight excluding hydrogens is 278 g/mol. The molecule has 116 valence electrons. The normalized spacial score (nSPS) is 11.6. The van der Waals surface area contributed by atoms with Crippen molar-refractivity contribution in [3.63, 3.8) is 0 Å². The molecule has 2 aromatic rings. The van der Waals surface area contributed by atoms with Crippen LogP contribution >= 0.6 is 0 Å². The first-order valence-corrected chi connectivity index (χ1v) is 7.22. The van der Waals surface area contributed by atoms with Gasteiger partial charge in [-0.05, 0) is 31.5 Å². The number of carbonyl (C=O) groups excluding carboxylic acids is 1. The Bertz CT molecular complexity index is 640. The number of aryl methyl sites for hydroxylation is 1. The average molecular weight is 299 g/mol. The SMILES string of the molecule is COc1ccccc1[C@@H](C)NC(=O)COc1ccccc1C. The third kappa shape index (κ3) is 4.01. The van der Waals surface area contributed by atoms with Crippen LogP contribution in [0.2, 0.25) is 0 Å². The molecule has 0 aliphatic carbocycles. The van der Waals surface area contributed by atoms with Gasteiger partial charge in [0.2, 0.25) is 0 Å². The van der Waals surface area contributed by atoms with E-state index in [0.29, 0.717) is 0 Å². The summed E-state index contributed by atoms with van der Waals surface area (Å²) >= 11 is 0. The van der Waals surface area contributed by atoms with Gasteiger partial charge in [-0.3, -0.25) is 4.79 Å². The van der Waals surface area contributed by atoms with Crippen molar-refractivity contribution in [2.45, 2.75) is 19.9 Å². The predicted octanol–water partition coefficient (Wildman–Crippen LogP) is 3.26. The fourth-order valence-electron chi connectivity index (χ4n) is 2.25. The molecule has 22 heavy (non-hydrogen) atoms. The molecule has 0 saturated carbocycles. The molecule has 4 heteroatoms. The fourth-order valence-corrected chi connectivity index (χ4v) is 2.25. The molecule has 0 aliphatic rings. The molecule has 0 heterocycles. The van der Waals surface area contributed by atoms with Crippen molar-refractivity contribution in [1.82, 2.24) is 5.32 Å². The summed E-state index contributed by atoms with van der Waals surface area (Å²) < 4.78 is 10.9. The summed E-state index contributed by atoms with van der Waals surface area (Å²) in [5.74, 6) is 1.32. The van der Waals surface area contributed by atoms with Crippen molar-refractivity contribution in [1.29, 1.82) is 0 Å². The van der Waals surface area contributed by atoms with E-state index in [2.05, 4.69) is 5.32 Å². The smallest absolute Gasteiger partial charge is 0.258 e. The van der Waals surface area contributed by atoms with Crippen molar-refractivity contribution in [2.75, 3.05) is 13.7 Å². The van der Waals surface area contributed by atoms with E-state index in [1.54, 1.807) is 7.11 Å². The molecule has 0 aliphatic heterocycles. The Labute approximate surface area is 131 Å². The van der Waals surface area contributed by atoms with Crippen LogP contribution in [-0.4, -0.2) is 19.6 Å². The highest BCUT2D eigenvalue weighted by Gasteiger charge is 2.14. The molecule has 1 atom stereocenters. The summed E-state index contributed by atoms with van der Waals surface area (Å²) in [6.07, 6.45) is 0. The van der Waals surface area contributed by atoms with E-state index < -0.39 is 0 Å². The number of carbonyl (C=O) groups is 1. The zero-order valence-corrected chi connectivity index (χ0v) is 13.1. The molecule has 0 saturated heterocycles. The van der Waals surface area contributed by atoms with Crippen molar-refractivity contribution < 1.29 is 14.3 Å². The van der Waals surface area contributed by atoms with Gasteiger partial charge >= 0.3 is 0 Å². The van der Waals surface area contributed by atoms with Crippen LogP contribution in [0.15, 0.2) is 48.5 Å². The summed E-state index contributed by atoms with van der Waals surface area (Å²) in [6.45, 7) is 3.86. The minimum Gasteiger partial charge on any atom is -0.496 e. The van der Waals surface area contributed by atoms with E-state index in [9.17, 15) is 4.79 Å². The van der Waals surface area contributed by atoms with E-state index in [1.807, 2.05) is 62.4 Å². The average Bonchev–Trinajstić information content (AvgIpc) is 2.54. The standard InChI is InChI=1S/C18H21NO3/c1-13-8-4-6-10-16(13)22-12-18(20)19-14(2)15-9-5-7-11-17(15)21-3/h4-11,14H,12H2,1-3H3,(H,19,20)/t14-/m1/s1. The van der Waals surface area contributed by atoms with Crippen LogP contribution in [0.1, 0.15) is 24.1 Å². The second kappa shape index (κ2) is 7.50. The Morgan fingerprint density at radius 2 is 1.73 bits per heavy atom. The van der Waals surface area contributed by atoms with Gasteiger partial charge in [-0.15, -0.1) is 0 Å². The minimum atomic E-state index is -0.165. The molecule has 0 unspecified atom stereocenters. The number of para-hydroxylation sites is 2. The Kier molecular flexibility index (Phi) is 5.42. The van der Waals surface area contributed by atoms with Gasteiger partial charge in [-0.2, -0.15) is 0 Å². The first-order valence-electron chi connectivity index (χ1n) is 7.22. The lowest BCUT2D eigenvalue weighted by Crippen LogP contribution is -2.31. The number of hydrogen-bond acceptors (Lipinski definition) is 3. The van der Waals surface area contributed by atoms with Gasteiger partial charge < -0.3 is 14.8 Å². The van der Waals surface area contributed by atoms with Gasteiger partial charge in [0.1, 0.15) is 11.5 Å². The lowest BCUT2D eigenvalue weighted by Gasteiger charge is -2.17. The summed E-state index contributed by atoms with van der Waals surface area (Å²) in [7, 11) is 1.62. The monoisotopic (exact) mass is 299 g/mol. The second-order valence-corrected chi connectivity index (χ2v) is 5.09. The van der Waals surface area contributed by atoms with Gasteiger partial charge in [-0.1, -0.05) is 36.4 Å². The third-order valence-corrected chi connectivity index (χ3v) is 3.44. The number of ether oxygens (including phenoxy) is 2. The number of nitrogens with one attached hydrogen (secondary N) is 1. The van der Waals surface area contributed by atoms with Gasteiger partial charge in [0.05, 0.1) is 13.2 Å². The molecule has 0 aromatic heterocycles. The van der Waals surface area contributed by atoms with Gasteiger partial charge in [-0.25, -0.2) is 0 Å². The van der Waals surface area contributed by atoms with Gasteiger partial charge in [0.15, 0.2) is 6.61 Å². The lowest BCUT2D eigenvalue weighted by molar-refractivity contribution is -0.123. The Morgan fingerprint density at radius 1 is 1.09 bits per heavy atom. The summed E-state index contributed by atoms with van der Waals surface area (Å²) in [6, 6.07) is 15.1. The fraction of sp³-hybridized carbons (Fsp3) is 0.278. The van der Waals surface area contributed by atoms with Gasteiger partial charge in [0, 0.05) is 5.56 Å². The van der Waals surface area contributed by atoms with Crippen LogP contribution in [0.25, 0.3) is 0 Å². The quantitative estimate of drug-likeness (QED) is 0.890.